The van der Waals surface area contributed by atoms with Crippen molar-refractivity contribution in [3.8, 4) is 11.9 Å². The van der Waals surface area contributed by atoms with E-state index in [4.69, 9.17) is 4.74 Å². The van der Waals surface area contributed by atoms with E-state index in [-0.39, 0.29) is 23.8 Å². The first-order valence-corrected chi connectivity index (χ1v) is 9.99. The zero-order chi connectivity index (χ0) is 22.9. The third-order valence-corrected chi connectivity index (χ3v) is 4.71. The third kappa shape index (κ3) is 5.71. The average molecular weight is 436 g/mol. The molecule has 0 fully saturated rings. The van der Waals surface area contributed by atoms with E-state index >= 15 is 0 Å². The molecular weight excluding hydrogens is 412 g/mol. The summed E-state index contributed by atoms with van der Waals surface area (Å²) in [7, 11) is 1.47. The van der Waals surface area contributed by atoms with Gasteiger partial charge in [0.15, 0.2) is 5.69 Å². The Morgan fingerprint density at radius 2 is 1.97 bits per heavy atom. The van der Waals surface area contributed by atoms with Crippen LogP contribution in [0.5, 0.6) is 5.88 Å². The lowest BCUT2D eigenvalue weighted by Gasteiger charge is -2.15. The minimum atomic E-state index is -0.768. The van der Waals surface area contributed by atoms with Crippen LogP contribution in [0.15, 0.2) is 48.3 Å². The number of nitriles is 1. The highest BCUT2D eigenvalue weighted by molar-refractivity contribution is 5.93. The second kappa shape index (κ2) is 10.7. The van der Waals surface area contributed by atoms with Crippen molar-refractivity contribution in [2.75, 3.05) is 20.2 Å². The predicted molar refractivity (Wildman–Crippen MR) is 114 cm³/mol. The molecule has 3 rings (SSSR count). The lowest BCUT2D eigenvalue weighted by molar-refractivity contribution is -0.118. The molecule has 0 aliphatic carbocycles. The number of nitrogens with one attached hydrogen (secondary N) is 4. The van der Waals surface area contributed by atoms with E-state index in [0.29, 0.717) is 18.0 Å². The first-order valence-electron chi connectivity index (χ1n) is 9.99. The predicted octanol–water partition coefficient (Wildman–Crippen LogP) is 0.325. The van der Waals surface area contributed by atoms with Crippen molar-refractivity contribution in [2.45, 2.75) is 19.4 Å². The number of hydrogen-bond donors (Lipinski definition) is 4. The number of carbonyl (C=O) groups excluding carboxylic acids is 2. The molecule has 11 nitrogen and oxygen atoms in total. The Morgan fingerprint density at radius 1 is 1.19 bits per heavy atom. The molecule has 4 N–H and O–H groups in total. The summed E-state index contributed by atoms with van der Waals surface area (Å²) in [6.07, 6.45) is 2.46. The molecule has 0 bridgehead atoms. The molecule has 2 heterocycles. The summed E-state index contributed by atoms with van der Waals surface area (Å²) in [6, 6.07) is 12.0. The van der Waals surface area contributed by atoms with E-state index in [1.165, 1.54) is 13.2 Å². The smallest absolute Gasteiger partial charge is 0.271 e. The number of methoxy groups -OCH3 is 1. The van der Waals surface area contributed by atoms with Gasteiger partial charge >= 0.3 is 0 Å². The first-order chi connectivity index (χ1) is 15.5. The molecule has 2 amide bonds. The lowest BCUT2D eigenvalue weighted by atomic mass is 10.0. The summed E-state index contributed by atoms with van der Waals surface area (Å²) in [4.78, 5) is 24.6. The van der Waals surface area contributed by atoms with Crippen molar-refractivity contribution in [3.63, 3.8) is 0 Å². The van der Waals surface area contributed by atoms with Gasteiger partial charge < -0.3 is 15.4 Å². The molecule has 1 unspecified atom stereocenters. The van der Waals surface area contributed by atoms with Crippen LogP contribution in [0.25, 0.3) is 0 Å². The van der Waals surface area contributed by atoms with Crippen LogP contribution in [0.3, 0.4) is 0 Å². The highest BCUT2D eigenvalue weighted by Crippen LogP contribution is 2.14. The van der Waals surface area contributed by atoms with E-state index in [1.807, 2.05) is 31.2 Å². The van der Waals surface area contributed by atoms with E-state index in [2.05, 4.69) is 37.9 Å². The van der Waals surface area contributed by atoms with Crippen molar-refractivity contribution in [2.24, 2.45) is 0 Å². The highest BCUT2D eigenvalue weighted by atomic mass is 16.5. The molecular formula is C21H24N8O3. The van der Waals surface area contributed by atoms with Crippen molar-refractivity contribution < 1.29 is 14.3 Å². The molecule has 0 radical (unpaired) electrons. The van der Waals surface area contributed by atoms with Crippen molar-refractivity contribution >= 4 is 11.8 Å². The number of carbonyl (C=O) groups is 2. The number of hydrazine groups is 2. The standard InChI is InChI=1S/C21H24N8O3/c1-3-14-4-6-15(7-5-14)17(12-22)24-21(31)18-13-29(28-26-18)11-10-23-20(30)16-8-9-19(32-2)27-25-16/h4-9,13,17,26,28H,3,10-11H2,1-2H3,(H,23,30)(H,24,31). The maximum absolute atomic E-state index is 12.5. The Kier molecular flexibility index (Phi) is 7.55. The number of nitrogens with zero attached hydrogens (tertiary/aromatic N) is 4. The SMILES string of the molecule is CCc1ccc(C(C#N)NC(=O)C2=CN(CCNC(=O)c3ccc(OC)nn3)NN2)cc1. The van der Waals surface area contributed by atoms with Crippen LogP contribution in [0.1, 0.15) is 34.6 Å². The van der Waals surface area contributed by atoms with E-state index in [1.54, 1.807) is 17.3 Å². The minimum Gasteiger partial charge on any atom is -0.480 e. The molecule has 1 atom stereocenters. The zero-order valence-corrected chi connectivity index (χ0v) is 17.8. The van der Waals surface area contributed by atoms with Gasteiger partial charge in [0.2, 0.25) is 5.88 Å². The first kappa shape index (κ1) is 22.5. The fraction of sp³-hybridized carbons (Fsp3) is 0.286. The fourth-order valence-electron chi connectivity index (χ4n) is 2.86. The highest BCUT2D eigenvalue weighted by Gasteiger charge is 2.21. The van der Waals surface area contributed by atoms with Gasteiger partial charge in [-0.3, -0.25) is 20.0 Å². The number of ether oxygens (including phenoxy) is 1. The van der Waals surface area contributed by atoms with Crippen molar-refractivity contribution in [1.82, 2.24) is 36.8 Å². The molecule has 0 spiro atoms. The summed E-state index contributed by atoms with van der Waals surface area (Å²) in [6.45, 7) is 2.71. The molecule has 0 saturated carbocycles. The average Bonchev–Trinajstić information content (AvgIpc) is 3.31. The topological polar surface area (TPSA) is 144 Å². The number of amides is 2. The molecule has 1 aromatic heterocycles. The molecule has 166 valence electrons. The molecule has 0 saturated heterocycles. The molecule has 2 aromatic rings. The maximum Gasteiger partial charge on any atom is 0.271 e. The number of aromatic nitrogens is 2. The van der Waals surface area contributed by atoms with Gasteiger partial charge in [0.05, 0.1) is 19.7 Å². The Labute approximate surface area is 185 Å². The van der Waals surface area contributed by atoms with Gasteiger partial charge in [-0.05, 0) is 23.6 Å². The van der Waals surface area contributed by atoms with E-state index in [9.17, 15) is 14.9 Å². The normalized spacial score (nSPS) is 13.4. The fourth-order valence-corrected chi connectivity index (χ4v) is 2.86. The van der Waals surface area contributed by atoms with Gasteiger partial charge in [-0.25, -0.2) is 0 Å². The van der Waals surface area contributed by atoms with Crippen LogP contribution in [0.2, 0.25) is 0 Å². The third-order valence-electron chi connectivity index (χ3n) is 4.71. The quantitative estimate of drug-likeness (QED) is 0.437. The Balaban J connectivity index is 1.48. The zero-order valence-electron chi connectivity index (χ0n) is 17.8. The van der Waals surface area contributed by atoms with Gasteiger partial charge in [0, 0.05) is 18.8 Å². The Morgan fingerprint density at radius 3 is 2.59 bits per heavy atom. The lowest BCUT2D eigenvalue weighted by Crippen LogP contribution is -2.42. The van der Waals surface area contributed by atoms with Crippen LogP contribution in [0, 0.1) is 11.3 Å². The van der Waals surface area contributed by atoms with Crippen molar-refractivity contribution in [3.05, 3.63) is 65.1 Å². The van der Waals surface area contributed by atoms with Crippen LogP contribution in [-0.4, -0.2) is 47.2 Å². The molecule has 1 aliphatic heterocycles. The molecule has 11 heteroatoms. The van der Waals surface area contributed by atoms with Crippen LogP contribution in [-0.2, 0) is 11.2 Å². The number of hydrogen-bond acceptors (Lipinski definition) is 9. The summed E-state index contributed by atoms with van der Waals surface area (Å²) in [5, 5.41) is 24.0. The second-order valence-electron chi connectivity index (χ2n) is 6.82. The van der Waals surface area contributed by atoms with Crippen molar-refractivity contribution in [1.29, 1.82) is 5.26 Å². The largest absolute Gasteiger partial charge is 0.480 e. The maximum atomic E-state index is 12.5. The Bertz CT molecular complexity index is 1010. The monoisotopic (exact) mass is 436 g/mol. The van der Waals surface area contributed by atoms with Crippen LogP contribution in [0.4, 0.5) is 0 Å². The van der Waals surface area contributed by atoms with Gasteiger partial charge in [0.25, 0.3) is 11.8 Å². The summed E-state index contributed by atoms with van der Waals surface area (Å²) >= 11 is 0. The van der Waals surface area contributed by atoms with E-state index in [0.717, 1.165) is 12.0 Å². The summed E-state index contributed by atoms with van der Waals surface area (Å²) < 4.78 is 4.91. The number of benzene rings is 1. The van der Waals surface area contributed by atoms with Gasteiger partial charge in [0.1, 0.15) is 11.7 Å². The van der Waals surface area contributed by atoms with Gasteiger partial charge in [-0.15, -0.1) is 15.7 Å². The van der Waals surface area contributed by atoms with Crippen LogP contribution < -0.4 is 26.3 Å². The molecule has 1 aromatic carbocycles. The Hall–Kier alpha value is -4.17. The summed E-state index contributed by atoms with van der Waals surface area (Å²) in [5.74, 6) is -0.481. The molecule has 32 heavy (non-hydrogen) atoms. The minimum absolute atomic E-state index is 0.170. The molecule has 1 aliphatic rings. The number of aryl methyl sites for hydroxylation is 1. The van der Waals surface area contributed by atoms with E-state index < -0.39 is 11.9 Å². The van der Waals surface area contributed by atoms with Gasteiger partial charge in [-0.2, -0.15) is 5.26 Å². The summed E-state index contributed by atoms with van der Waals surface area (Å²) in [5.41, 5.74) is 7.86. The van der Waals surface area contributed by atoms with Crippen LogP contribution >= 0.6 is 0 Å². The number of rotatable bonds is 9. The van der Waals surface area contributed by atoms with Gasteiger partial charge in [-0.1, -0.05) is 31.2 Å². The second-order valence-corrected chi connectivity index (χ2v) is 6.82.